The van der Waals surface area contributed by atoms with Crippen molar-refractivity contribution in [3.05, 3.63) is 81.3 Å². The van der Waals surface area contributed by atoms with Crippen LogP contribution in [0.2, 0.25) is 5.02 Å². The van der Waals surface area contributed by atoms with E-state index in [1.807, 2.05) is 0 Å². The molecular weight excluding hydrogens is 621 g/mol. The maximum atomic E-state index is 13.3. The number of hydrazone groups is 1. The topological polar surface area (TPSA) is 118 Å². The Labute approximate surface area is 239 Å². The standard InChI is InChI=1S/C26H21BrClF3N4O5/c1-2-39-22-6-4-3-5-20(22)34-24(37)25(38)35-32-13-15-11-17(28)8-10-21(15)40-14-23(36)33-19-9-7-16(27)12-18(19)26(29,30)31/h3-13H,2,14H2,1H3,(H,33,36)(H,34,37)(H,35,38)/b32-13-. The number of ether oxygens (including phenoxy) is 2. The Morgan fingerprint density at radius 2 is 1.70 bits per heavy atom. The molecule has 14 heteroatoms. The van der Waals surface area contributed by atoms with Crippen LogP contribution in [0.3, 0.4) is 0 Å². The second-order valence-electron chi connectivity index (χ2n) is 7.79. The molecule has 0 bridgehead atoms. The van der Waals surface area contributed by atoms with Crippen molar-refractivity contribution in [2.75, 3.05) is 23.8 Å². The number of carbonyl (C=O) groups excluding carboxylic acids is 3. The summed E-state index contributed by atoms with van der Waals surface area (Å²) in [5.74, 6) is -2.48. The van der Waals surface area contributed by atoms with Gasteiger partial charge in [-0.15, -0.1) is 0 Å². The number of hydrogen-bond donors (Lipinski definition) is 3. The number of anilines is 2. The molecule has 0 saturated carbocycles. The third-order valence-corrected chi connectivity index (χ3v) is 5.63. The van der Waals surface area contributed by atoms with Crippen LogP contribution in [0, 0.1) is 0 Å². The van der Waals surface area contributed by atoms with Gasteiger partial charge in [-0.05, 0) is 55.5 Å². The van der Waals surface area contributed by atoms with Gasteiger partial charge in [0.25, 0.3) is 5.91 Å². The summed E-state index contributed by atoms with van der Waals surface area (Å²) >= 11 is 8.99. The number of alkyl halides is 3. The highest BCUT2D eigenvalue weighted by Crippen LogP contribution is 2.36. The summed E-state index contributed by atoms with van der Waals surface area (Å²) in [6.07, 6.45) is -3.57. The van der Waals surface area contributed by atoms with Crippen LogP contribution < -0.4 is 25.5 Å². The van der Waals surface area contributed by atoms with Crippen LogP contribution >= 0.6 is 27.5 Å². The number of nitrogens with zero attached hydrogens (tertiary/aromatic N) is 1. The molecule has 0 atom stereocenters. The van der Waals surface area contributed by atoms with Crippen molar-refractivity contribution in [2.45, 2.75) is 13.1 Å². The van der Waals surface area contributed by atoms with Gasteiger partial charge in [-0.1, -0.05) is 39.7 Å². The first-order valence-corrected chi connectivity index (χ1v) is 12.6. The van der Waals surface area contributed by atoms with Crippen LogP contribution in [0.15, 0.2) is 70.2 Å². The lowest BCUT2D eigenvalue weighted by Crippen LogP contribution is -2.32. The van der Waals surface area contributed by atoms with E-state index in [0.29, 0.717) is 18.0 Å². The molecule has 3 aromatic rings. The fraction of sp³-hybridized carbons (Fsp3) is 0.154. The predicted octanol–water partition coefficient (Wildman–Crippen LogP) is 5.63. The lowest BCUT2D eigenvalue weighted by Gasteiger charge is -2.15. The molecule has 0 spiro atoms. The fourth-order valence-corrected chi connectivity index (χ4v) is 3.72. The first-order chi connectivity index (χ1) is 19.0. The smallest absolute Gasteiger partial charge is 0.418 e. The quantitative estimate of drug-likeness (QED) is 0.159. The normalized spacial score (nSPS) is 11.2. The second-order valence-corrected chi connectivity index (χ2v) is 9.14. The average molecular weight is 642 g/mol. The third-order valence-electron chi connectivity index (χ3n) is 4.90. The summed E-state index contributed by atoms with van der Waals surface area (Å²) in [7, 11) is 0. The highest BCUT2D eigenvalue weighted by Gasteiger charge is 2.34. The van der Waals surface area contributed by atoms with E-state index in [1.165, 1.54) is 24.3 Å². The van der Waals surface area contributed by atoms with E-state index in [0.717, 1.165) is 18.3 Å². The highest BCUT2D eigenvalue weighted by molar-refractivity contribution is 9.10. The first kappa shape index (κ1) is 30.4. The van der Waals surface area contributed by atoms with Crippen LogP contribution in [-0.2, 0) is 20.6 Å². The third kappa shape index (κ3) is 8.71. The van der Waals surface area contributed by atoms with Crippen molar-refractivity contribution in [2.24, 2.45) is 5.10 Å². The fourth-order valence-electron chi connectivity index (χ4n) is 3.18. The molecule has 210 valence electrons. The zero-order chi connectivity index (χ0) is 29.3. The molecule has 0 aliphatic carbocycles. The first-order valence-electron chi connectivity index (χ1n) is 11.4. The number of benzene rings is 3. The number of halogens is 5. The molecule has 0 aliphatic rings. The van der Waals surface area contributed by atoms with Crippen molar-refractivity contribution in [3.63, 3.8) is 0 Å². The van der Waals surface area contributed by atoms with E-state index in [1.54, 1.807) is 31.2 Å². The van der Waals surface area contributed by atoms with Gasteiger partial charge in [-0.3, -0.25) is 14.4 Å². The second kappa shape index (κ2) is 13.8. The molecule has 0 saturated heterocycles. The number of hydrogen-bond acceptors (Lipinski definition) is 6. The molecular formula is C26H21BrClF3N4O5. The van der Waals surface area contributed by atoms with Gasteiger partial charge in [-0.2, -0.15) is 18.3 Å². The van der Waals surface area contributed by atoms with Gasteiger partial charge < -0.3 is 20.1 Å². The van der Waals surface area contributed by atoms with Crippen molar-refractivity contribution in [1.82, 2.24) is 5.43 Å². The molecule has 3 aromatic carbocycles. The number of para-hydroxylation sites is 2. The molecule has 0 aromatic heterocycles. The number of amides is 3. The van der Waals surface area contributed by atoms with Gasteiger partial charge >= 0.3 is 18.0 Å². The number of carbonyl (C=O) groups is 3. The van der Waals surface area contributed by atoms with E-state index in [4.69, 9.17) is 21.1 Å². The van der Waals surface area contributed by atoms with E-state index in [2.05, 4.69) is 37.1 Å². The summed E-state index contributed by atoms with van der Waals surface area (Å²) in [5.41, 5.74) is 1.10. The zero-order valence-electron chi connectivity index (χ0n) is 20.6. The van der Waals surface area contributed by atoms with Crippen LogP contribution in [0.5, 0.6) is 11.5 Å². The lowest BCUT2D eigenvalue weighted by atomic mass is 10.1. The van der Waals surface area contributed by atoms with E-state index >= 15 is 0 Å². The van der Waals surface area contributed by atoms with Crippen molar-refractivity contribution >= 4 is 62.8 Å². The summed E-state index contributed by atoms with van der Waals surface area (Å²) < 4.78 is 51.0. The Kier molecular flexibility index (Phi) is 10.5. The molecule has 0 fully saturated rings. The summed E-state index contributed by atoms with van der Waals surface area (Å²) in [5, 5.41) is 8.58. The molecule has 3 N–H and O–H groups in total. The van der Waals surface area contributed by atoms with Crippen LogP contribution in [0.1, 0.15) is 18.1 Å². The minimum absolute atomic E-state index is 0.0829. The SMILES string of the molecule is CCOc1ccccc1NC(=O)C(=O)N/N=C\c1cc(Cl)ccc1OCC(=O)Nc1ccc(Br)cc1C(F)(F)F. The lowest BCUT2D eigenvalue weighted by molar-refractivity contribution is -0.137. The average Bonchev–Trinajstić information content (AvgIpc) is 2.89. The van der Waals surface area contributed by atoms with Gasteiger partial charge in [0.15, 0.2) is 6.61 Å². The van der Waals surface area contributed by atoms with Crippen molar-refractivity contribution in [1.29, 1.82) is 0 Å². The highest BCUT2D eigenvalue weighted by atomic mass is 79.9. The maximum Gasteiger partial charge on any atom is 0.418 e. The molecule has 9 nitrogen and oxygen atoms in total. The van der Waals surface area contributed by atoms with E-state index < -0.39 is 41.8 Å². The minimum atomic E-state index is -4.69. The zero-order valence-corrected chi connectivity index (χ0v) is 23.0. The molecule has 0 heterocycles. The monoisotopic (exact) mass is 640 g/mol. The minimum Gasteiger partial charge on any atom is -0.492 e. The van der Waals surface area contributed by atoms with Gasteiger partial charge in [0.1, 0.15) is 11.5 Å². The van der Waals surface area contributed by atoms with Gasteiger partial charge in [0.05, 0.1) is 29.8 Å². The van der Waals surface area contributed by atoms with Crippen molar-refractivity contribution < 1.29 is 37.0 Å². The van der Waals surface area contributed by atoms with Gasteiger partial charge in [0, 0.05) is 15.1 Å². The molecule has 0 unspecified atom stereocenters. The summed E-state index contributed by atoms with van der Waals surface area (Å²) in [6, 6.07) is 14.1. The largest absolute Gasteiger partial charge is 0.492 e. The van der Waals surface area contributed by atoms with E-state index in [9.17, 15) is 27.6 Å². The van der Waals surface area contributed by atoms with Gasteiger partial charge in [0.2, 0.25) is 0 Å². The Morgan fingerprint density at radius 3 is 2.42 bits per heavy atom. The van der Waals surface area contributed by atoms with Crippen LogP contribution in [0.25, 0.3) is 0 Å². The van der Waals surface area contributed by atoms with Gasteiger partial charge in [-0.25, -0.2) is 5.43 Å². The number of nitrogens with one attached hydrogen (secondary N) is 3. The van der Waals surface area contributed by atoms with E-state index in [-0.39, 0.29) is 20.8 Å². The van der Waals surface area contributed by atoms with Crippen molar-refractivity contribution in [3.8, 4) is 11.5 Å². The molecule has 0 radical (unpaired) electrons. The molecule has 40 heavy (non-hydrogen) atoms. The Balaban J connectivity index is 1.63. The Bertz CT molecular complexity index is 1440. The number of rotatable bonds is 9. The predicted molar refractivity (Wildman–Crippen MR) is 147 cm³/mol. The summed E-state index contributed by atoms with van der Waals surface area (Å²) in [6.45, 7) is 1.48. The van der Waals surface area contributed by atoms with Crippen LogP contribution in [-0.4, -0.2) is 37.1 Å². The molecule has 0 aliphatic heterocycles. The molecule has 3 rings (SSSR count). The Hall–Kier alpha value is -4.10. The van der Waals surface area contributed by atoms with Crippen LogP contribution in [0.4, 0.5) is 24.5 Å². The Morgan fingerprint density at radius 1 is 0.950 bits per heavy atom. The molecule has 3 amide bonds. The maximum absolute atomic E-state index is 13.3. The summed E-state index contributed by atoms with van der Waals surface area (Å²) in [4.78, 5) is 36.8.